The van der Waals surface area contributed by atoms with E-state index in [0.29, 0.717) is 16.5 Å². The summed E-state index contributed by atoms with van der Waals surface area (Å²) in [4.78, 5) is 23.5. The van der Waals surface area contributed by atoms with Gasteiger partial charge in [0.05, 0.1) is 39.3 Å². The molecule has 0 saturated heterocycles. The second-order valence-corrected chi connectivity index (χ2v) is 7.19. The number of H-pyrrole nitrogens is 1. The van der Waals surface area contributed by atoms with Crippen LogP contribution in [-0.2, 0) is 16.6 Å². The molecule has 1 N–H and O–H groups in total. The van der Waals surface area contributed by atoms with E-state index in [9.17, 15) is 9.00 Å². The summed E-state index contributed by atoms with van der Waals surface area (Å²) in [6, 6.07) is 17.5. The molecule has 0 radical (unpaired) electrons. The Hall–Kier alpha value is -3.32. The van der Waals surface area contributed by atoms with Crippen LogP contribution in [0.4, 0.5) is 0 Å². The molecule has 4 rings (SSSR count). The largest absolute Gasteiger partial charge is 0.423 e. The molecular formula is C20H15N3O3S. The van der Waals surface area contributed by atoms with Gasteiger partial charge in [-0.15, -0.1) is 0 Å². The van der Waals surface area contributed by atoms with Crippen molar-refractivity contribution in [3.8, 4) is 5.75 Å². The highest BCUT2D eigenvalue weighted by molar-refractivity contribution is 7.84. The van der Waals surface area contributed by atoms with Crippen molar-refractivity contribution in [3.05, 3.63) is 84.2 Å². The standard InChI is InChI=1S/C20H15N3O3S/c24-19(15-6-2-1-3-7-15)26-16-8-4-5-14(11-16)13-27(25)20-22-17-9-10-21-12-18(17)23-20/h1-12H,13H2,(H,22,23). The van der Waals surface area contributed by atoms with Crippen LogP contribution in [0.25, 0.3) is 11.0 Å². The van der Waals surface area contributed by atoms with Gasteiger partial charge >= 0.3 is 5.97 Å². The topological polar surface area (TPSA) is 84.9 Å². The van der Waals surface area contributed by atoms with Crippen LogP contribution in [0.1, 0.15) is 15.9 Å². The van der Waals surface area contributed by atoms with Gasteiger partial charge in [-0.2, -0.15) is 0 Å². The number of ether oxygens (including phenoxy) is 1. The highest BCUT2D eigenvalue weighted by Gasteiger charge is 2.12. The number of nitrogens with zero attached hydrogens (tertiary/aromatic N) is 2. The lowest BCUT2D eigenvalue weighted by Crippen LogP contribution is -2.08. The average molecular weight is 377 g/mol. The van der Waals surface area contributed by atoms with Crippen LogP contribution in [0.3, 0.4) is 0 Å². The summed E-state index contributed by atoms with van der Waals surface area (Å²) in [6.45, 7) is 0. The van der Waals surface area contributed by atoms with E-state index < -0.39 is 16.8 Å². The van der Waals surface area contributed by atoms with E-state index in [4.69, 9.17) is 4.74 Å². The quantitative estimate of drug-likeness (QED) is 0.425. The Morgan fingerprint density at radius 2 is 1.93 bits per heavy atom. The number of imidazole rings is 1. The highest BCUT2D eigenvalue weighted by atomic mass is 32.2. The summed E-state index contributed by atoms with van der Waals surface area (Å²) in [5.74, 6) is 0.232. The first-order chi connectivity index (χ1) is 13.2. The maximum absolute atomic E-state index is 12.6. The van der Waals surface area contributed by atoms with Gasteiger partial charge in [-0.05, 0) is 35.9 Å². The summed E-state index contributed by atoms with van der Waals surface area (Å²) in [5, 5.41) is 0.393. The molecule has 0 spiro atoms. The Labute approximate surface area is 157 Å². The molecule has 0 amide bonds. The summed E-state index contributed by atoms with van der Waals surface area (Å²) in [5.41, 5.74) is 2.72. The molecule has 0 bridgehead atoms. The first kappa shape index (κ1) is 17.1. The van der Waals surface area contributed by atoms with E-state index in [1.807, 2.05) is 12.1 Å². The number of hydrogen-bond acceptors (Lipinski definition) is 5. The predicted molar refractivity (Wildman–Crippen MR) is 102 cm³/mol. The number of rotatable bonds is 5. The van der Waals surface area contributed by atoms with Crippen molar-refractivity contribution in [2.24, 2.45) is 0 Å². The average Bonchev–Trinajstić information content (AvgIpc) is 3.13. The minimum absolute atomic E-state index is 0.254. The summed E-state index contributed by atoms with van der Waals surface area (Å²) >= 11 is 0. The third-order valence-electron chi connectivity index (χ3n) is 3.89. The number of carbonyl (C=O) groups is 1. The fourth-order valence-electron chi connectivity index (χ4n) is 2.60. The number of esters is 1. The number of aromatic amines is 1. The third kappa shape index (κ3) is 3.93. The molecule has 0 fully saturated rings. The van der Waals surface area contributed by atoms with E-state index >= 15 is 0 Å². The van der Waals surface area contributed by atoms with Crippen molar-refractivity contribution >= 4 is 27.8 Å². The molecule has 2 aromatic carbocycles. The van der Waals surface area contributed by atoms with Crippen molar-refractivity contribution in [1.82, 2.24) is 15.0 Å². The number of aromatic nitrogens is 3. The summed E-state index contributed by atoms with van der Waals surface area (Å²) in [7, 11) is -1.36. The number of pyridine rings is 1. The predicted octanol–water partition coefficient (Wildman–Crippen LogP) is 3.48. The molecule has 0 aliphatic heterocycles. The zero-order valence-electron chi connectivity index (χ0n) is 14.2. The molecule has 0 saturated carbocycles. The van der Waals surface area contributed by atoms with Crippen molar-refractivity contribution in [2.75, 3.05) is 0 Å². The molecule has 2 heterocycles. The van der Waals surface area contributed by atoms with Gasteiger partial charge in [-0.1, -0.05) is 30.3 Å². The number of benzene rings is 2. The zero-order valence-corrected chi connectivity index (χ0v) is 15.0. The molecule has 4 aromatic rings. The molecule has 6 nitrogen and oxygen atoms in total. The van der Waals surface area contributed by atoms with E-state index in [0.717, 1.165) is 16.6 Å². The van der Waals surface area contributed by atoms with E-state index in [2.05, 4.69) is 15.0 Å². The lowest BCUT2D eigenvalue weighted by molar-refractivity contribution is 0.0734. The molecule has 1 unspecified atom stereocenters. The maximum atomic E-state index is 12.6. The van der Waals surface area contributed by atoms with Gasteiger partial charge in [0.15, 0.2) is 5.16 Å². The number of carbonyl (C=O) groups excluding carboxylic acids is 1. The van der Waals surface area contributed by atoms with Crippen LogP contribution in [0.5, 0.6) is 5.75 Å². The Bertz CT molecular complexity index is 1090. The lowest BCUT2D eigenvalue weighted by atomic mass is 10.2. The van der Waals surface area contributed by atoms with Crippen molar-refractivity contribution < 1.29 is 13.7 Å². The van der Waals surface area contributed by atoms with Crippen LogP contribution >= 0.6 is 0 Å². The van der Waals surface area contributed by atoms with Gasteiger partial charge in [0, 0.05) is 6.20 Å². The van der Waals surface area contributed by atoms with Crippen LogP contribution < -0.4 is 4.74 Å². The molecule has 1 atom stereocenters. The fourth-order valence-corrected chi connectivity index (χ4v) is 3.64. The number of fused-ring (bicyclic) bond motifs is 1. The van der Waals surface area contributed by atoms with E-state index in [1.54, 1.807) is 60.9 Å². The van der Waals surface area contributed by atoms with Crippen molar-refractivity contribution in [1.29, 1.82) is 0 Å². The molecule has 134 valence electrons. The van der Waals surface area contributed by atoms with Crippen LogP contribution in [0.15, 0.2) is 78.2 Å². The molecule has 27 heavy (non-hydrogen) atoms. The Balaban J connectivity index is 1.49. The minimum Gasteiger partial charge on any atom is -0.423 e. The smallest absolute Gasteiger partial charge is 0.343 e. The SMILES string of the molecule is O=C(Oc1cccc(CS(=O)c2nc3ccncc3[nH]2)c1)c1ccccc1. The van der Waals surface area contributed by atoms with Crippen LogP contribution in [0.2, 0.25) is 0 Å². The van der Waals surface area contributed by atoms with Gasteiger partial charge in [0.1, 0.15) is 5.75 Å². The van der Waals surface area contributed by atoms with Crippen molar-refractivity contribution in [3.63, 3.8) is 0 Å². The first-order valence-corrected chi connectivity index (χ1v) is 9.55. The molecule has 7 heteroatoms. The fraction of sp³-hybridized carbons (Fsp3) is 0.0500. The first-order valence-electron chi connectivity index (χ1n) is 8.23. The van der Waals surface area contributed by atoms with Crippen LogP contribution in [-0.4, -0.2) is 25.1 Å². The summed E-state index contributed by atoms with van der Waals surface area (Å²) in [6.07, 6.45) is 3.28. The number of nitrogens with one attached hydrogen (secondary N) is 1. The summed E-state index contributed by atoms with van der Waals surface area (Å²) < 4.78 is 18.0. The molecule has 0 aliphatic carbocycles. The second-order valence-electron chi connectivity index (χ2n) is 5.83. The molecular weight excluding hydrogens is 362 g/mol. The van der Waals surface area contributed by atoms with Gasteiger partial charge in [-0.25, -0.2) is 9.78 Å². The minimum atomic E-state index is -1.36. The number of hydrogen-bond donors (Lipinski definition) is 1. The zero-order chi connectivity index (χ0) is 18.6. The Morgan fingerprint density at radius 3 is 2.74 bits per heavy atom. The van der Waals surface area contributed by atoms with Gasteiger partial charge in [-0.3, -0.25) is 9.19 Å². The monoisotopic (exact) mass is 377 g/mol. The third-order valence-corrected chi connectivity index (χ3v) is 5.11. The Morgan fingerprint density at radius 1 is 1.07 bits per heavy atom. The normalized spacial score (nSPS) is 12.0. The van der Waals surface area contributed by atoms with Crippen molar-refractivity contribution in [2.45, 2.75) is 10.9 Å². The molecule has 0 aliphatic rings. The second kappa shape index (κ2) is 7.51. The van der Waals surface area contributed by atoms with Crippen LogP contribution in [0, 0.1) is 0 Å². The Kier molecular flexibility index (Phi) is 4.76. The van der Waals surface area contributed by atoms with Gasteiger partial charge in [0.25, 0.3) is 0 Å². The van der Waals surface area contributed by atoms with Gasteiger partial charge < -0.3 is 9.72 Å². The lowest BCUT2D eigenvalue weighted by Gasteiger charge is -2.06. The highest BCUT2D eigenvalue weighted by Crippen LogP contribution is 2.19. The van der Waals surface area contributed by atoms with E-state index in [-0.39, 0.29) is 5.75 Å². The van der Waals surface area contributed by atoms with E-state index in [1.165, 1.54) is 0 Å². The molecule has 2 aromatic heterocycles. The maximum Gasteiger partial charge on any atom is 0.343 e. The van der Waals surface area contributed by atoms with Gasteiger partial charge in [0.2, 0.25) is 0 Å².